The molecule has 84 valence electrons. The second-order valence-electron chi connectivity index (χ2n) is 3.65. The number of nitrogens with zero attached hydrogens (tertiary/aromatic N) is 2. The summed E-state index contributed by atoms with van der Waals surface area (Å²) in [6.45, 7) is 4.00. The van der Waals surface area contributed by atoms with Crippen molar-refractivity contribution in [2.75, 3.05) is 0 Å². The predicted octanol–water partition coefficient (Wildman–Crippen LogP) is 3.28. The zero-order valence-electron chi connectivity index (χ0n) is 8.69. The van der Waals surface area contributed by atoms with Gasteiger partial charge in [0.05, 0.1) is 4.47 Å². The molecule has 0 fully saturated rings. The number of carboxylic acid groups (broad SMARTS) is 1. The van der Waals surface area contributed by atoms with E-state index >= 15 is 0 Å². The zero-order chi connectivity index (χ0) is 11.9. The Balaban J connectivity index is 2.67. The van der Waals surface area contributed by atoms with Gasteiger partial charge in [0.25, 0.3) is 0 Å². The Morgan fingerprint density at radius 1 is 1.56 bits per heavy atom. The molecule has 0 atom stereocenters. The van der Waals surface area contributed by atoms with Gasteiger partial charge in [-0.05, 0) is 15.9 Å². The molecule has 0 aliphatic carbocycles. The lowest BCUT2D eigenvalue weighted by atomic mass is 10.2. The van der Waals surface area contributed by atoms with Crippen LogP contribution in [0.15, 0.2) is 10.7 Å². The van der Waals surface area contributed by atoms with Crippen LogP contribution in [-0.4, -0.2) is 21.0 Å². The molecular weight excluding hydrogens is 292 g/mol. The molecule has 0 aromatic carbocycles. The van der Waals surface area contributed by atoms with Gasteiger partial charge < -0.3 is 5.11 Å². The highest BCUT2D eigenvalue weighted by atomic mass is 79.9. The smallest absolute Gasteiger partial charge is 0.347 e. The number of hydrogen-bond acceptors (Lipinski definition) is 4. The summed E-state index contributed by atoms with van der Waals surface area (Å²) in [6.07, 6.45) is 1.67. The number of carbonyl (C=O) groups is 1. The third-order valence-electron chi connectivity index (χ3n) is 2.12. The molecule has 0 radical (unpaired) electrons. The Labute approximate surface area is 104 Å². The van der Waals surface area contributed by atoms with E-state index in [-0.39, 0.29) is 10.8 Å². The van der Waals surface area contributed by atoms with Gasteiger partial charge in [-0.1, -0.05) is 13.8 Å². The quantitative estimate of drug-likeness (QED) is 0.924. The van der Waals surface area contributed by atoms with Crippen LogP contribution in [0, 0.1) is 0 Å². The number of carboxylic acids is 1. The highest BCUT2D eigenvalue weighted by Gasteiger charge is 2.17. The van der Waals surface area contributed by atoms with Crippen molar-refractivity contribution in [1.82, 2.24) is 9.97 Å². The highest BCUT2D eigenvalue weighted by Crippen LogP contribution is 2.34. The van der Waals surface area contributed by atoms with Gasteiger partial charge in [-0.2, -0.15) is 0 Å². The minimum atomic E-state index is -0.944. The van der Waals surface area contributed by atoms with Gasteiger partial charge in [-0.25, -0.2) is 14.8 Å². The maximum absolute atomic E-state index is 10.9. The number of aromatic carboxylic acids is 1. The summed E-state index contributed by atoms with van der Waals surface area (Å²) in [4.78, 5) is 20.5. The van der Waals surface area contributed by atoms with Crippen molar-refractivity contribution in [3.8, 4) is 0 Å². The lowest BCUT2D eigenvalue weighted by Gasteiger charge is -2.01. The molecule has 0 saturated carbocycles. The van der Waals surface area contributed by atoms with Crippen LogP contribution in [0.4, 0.5) is 0 Å². The first-order valence-electron chi connectivity index (χ1n) is 4.69. The molecule has 1 N–H and O–H groups in total. The van der Waals surface area contributed by atoms with Crippen LogP contribution in [0.25, 0.3) is 10.2 Å². The van der Waals surface area contributed by atoms with E-state index in [9.17, 15) is 4.79 Å². The minimum Gasteiger partial charge on any atom is -0.477 e. The molecule has 2 rings (SSSR count). The van der Waals surface area contributed by atoms with E-state index in [4.69, 9.17) is 5.11 Å². The summed E-state index contributed by atoms with van der Waals surface area (Å²) in [5.74, 6) is 0.0257. The van der Waals surface area contributed by atoms with E-state index in [1.54, 1.807) is 6.20 Å². The Morgan fingerprint density at radius 3 is 2.81 bits per heavy atom. The summed E-state index contributed by atoms with van der Waals surface area (Å²) in [6, 6.07) is 0. The van der Waals surface area contributed by atoms with Gasteiger partial charge in [-0.3, -0.25) is 0 Å². The molecule has 0 saturated heterocycles. The Hall–Kier alpha value is -1.01. The van der Waals surface area contributed by atoms with Crippen molar-refractivity contribution >= 4 is 43.5 Å². The van der Waals surface area contributed by atoms with Gasteiger partial charge in [0.15, 0.2) is 0 Å². The molecule has 0 spiro atoms. The SMILES string of the molecule is CC(C)c1ncc2c(Br)c(C(=O)O)sc2n1. The lowest BCUT2D eigenvalue weighted by molar-refractivity contribution is 0.0701. The Bertz CT molecular complexity index is 565. The average Bonchev–Trinajstić information content (AvgIpc) is 2.55. The third-order valence-corrected chi connectivity index (χ3v) is 4.29. The van der Waals surface area contributed by atoms with Crippen LogP contribution in [0.5, 0.6) is 0 Å². The lowest BCUT2D eigenvalue weighted by Crippen LogP contribution is -1.95. The van der Waals surface area contributed by atoms with E-state index in [2.05, 4.69) is 25.9 Å². The van der Waals surface area contributed by atoms with E-state index in [0.29, 0.717) is 9.30 Å². The van der Waals surface area contributed by atoms with Crippen LogP contribution < -0.4 is 0 Å². The van der Waals surface area contributed by atoms with Gasteiger partial charge in [0, 0.05) is 17.5 Å². The van der Waals surface area contributed by atoms with Crippen LogP contribution in [-0.2, 0) is 0 Å². The number of hydrogen-bond donors (Lipinski definition) is 1. The zero-order valence-corrected chi connectivity index (χ0v) is 11.1. The molecule has 2 heterocycles. The van der Waals surface area contributed by atoms with Crippen molar-refractivity contribution in [3.63, 3.8) is 0 Å². The van der Waals surface area contributed by atoms with Gasteiger partial charge in [0.1, 0.15) is 15.5 Å². The van der Waals surface area contributed by atoms with E-state index in [0.717, 1.165) is 11.2 Å². The van der Waals surface area contributed by atoms with Crippen LogP contribution in [0.1, 0.15) is 35.3 Å². The maximum Gasteiger partial charge on any atom is 0.347 e. The monoisotopic (exact) mass is 300 g/mol. The molecule has 0 aliphatic rings. The third kappa shape index (κ3) is 1.82. The van der Waals surface area contributed by atoms with Gasteiger partial charge >= 0.3 is 5.97 Å². The van der Waals surface area contributed by atoms with E-state index in [1.807, 2.05) is 13.8 Å². The van der Waals surface area contributed by atoms with Crippen molar-refractivity contribution < 1.29 is 9.90 Å². The van der Waals surface area contributed by atoms with Crippen molar-refractivity contribution in [2.45, 2.75) is 19.8 Å². The average molecular weight is 301 g/mol. The first-order valence-corrected chi connectivity index (χ1v) is 6.30. The van der Waals surface area contributed by atoms with Gasteiger partial charge in [0.2, 0.25) is 0 Å². The fraction of sp³-hybridized carbons (Fsp3) is 0.300. The highest BCUT2D eigenvalue weighted by molar-refractivity contribution is 9.10. The van der Waals surface area contributed by atoms with Crippen molar-refractivity contribution in [2.24, 2.45) is 0 Å². The number of halogens is 1. The molecule has 0 aliphatic heterocycles. The molecule has 16 heavy (non-hydrogen) atoms. The first-order chi connectivity index (χ1) is 7.50. The second kappa shape index (κ2) is 4.10. The topological polar surface area (TPSA) is 63.1 Å². The summed E-state index contributed by atoms with van der Waals surface area (Å²) >= 11 is 4.43. The Morgan fingerprint density at radius 2 is 2.25 bits per heavy atom. The van der Waals surface area contributed by atoms with Gasteiger partial charge in [-0.15, -0.1) is 11.3 Å². The van der Waals surface area contributed by atoms with E-state index < -0.39 is 5.97 Å². The summed E-state index contributed by atoms with van der Waals surface area (Å²) in [5, 5.41) is 9.73. The normalized spacial score (nSPS) is 11.2. The molecule has 6 heteroatoms. The predicted molar refractivity (Wildman–Crippen MR) is 66.2 cm³/mol. The number of rotatable bonds is 2. The molecule has 2 aromatic rings. The summed E-state index contributed by atoms with van der Waals surface area (Å²) < 4.78 is 0.565. The fourth-order valence-corrected chi connectivity index (χ4v) is 3.00. The largest absolute Gasteiger partial charge is 0.477 e. The molecule has 0 bridgehead atoms. The van der Waals surface area contributed by atoms with Crippen molar-refractivity contribution in [3.05, 3.63) is 21.4 Å². The minimum absolute atomic E-state index is 0.235. The number of fused-ring (bicyclic) bond motifs is 1. The summed E-state index contributed by atoms with van der Waals surface area (Å²) in [7, 11) is 0. The molecular formula is C10H9BrN2O2S. The van der Waals surface area contributed by atoms with Crippen LogP contribution in [0.2, 0.25) is 0 Å². The maximum atomic E-state index is 10.9. The molecule has 4 nitrogen and oxygen atoms in total. The van der Waals surface area contributed by atoms with Crippen LogP contribution >= 0.6 is 27.3 Å². The first kappa shape index (κ1) is 11.5. The summed E-state index contributed by atoms with van der Waals surface area (Å²) in [5.41, 5.74) is 0. The number of thiophene rings is 1. The van der Waals surface area contributed by atoms with Crippen LogP contribution in [0.3, 0.4) is 0 Å². The van der Waals surface area contributed by atoms with E-state index in [1.165, 1.54) is 11.3 Å². The molecule has 2 aromatic heterocycles. The molecule has 0 unspecified atom stereocenters. The number of aromatic nitrogens is 2. The second-order valence-corrected chi connectivity index (χ2v) is 5.44. The standard InChI is InChI=1S/C10H9BrN2O2S/c1-4(2)8-12-3-5-6(11)7(10(14)15)16-9(5)13-8/h3-4H,1-2H3,(H,14,15). The Kier molecular flexibility index (Phi) is 2.94. The van der Waals surface area contributed by atoms with Crippen molar-refractivity contribution in [1.29, 1.82) is 0 Å². The molecule has 0 amide bonds. The fourth-order valence-electron chi connectivity index (χ4n) is 1.29.